The van der Waals surface area contributed by atoms with Gasteiger partial charge in [-0.25, -0.2) is 0 Å². The molecule has 5 N–H and O–H groups in total. The Morgan fingerprint density at radius 3 is 2.44 bits per heavy atom. The van der Waals surface area contributed by atoms with E-state index in [1.807, 2.05) is 0 Å². The molecule has 0 saturated carbocycles. The highest BCUT2D eigenvalue weighted by atomic mass is 32.1. The summed E-state index contributed by atoms with van der Waals surface area (Å²) in [6.45, 7) is 0. The molecule has 4 nitrogen and oxygen atoms in total. The summed E-state index contributed by atoms with van der Waals surface area (Å²) in [5.41, 5.74) is 9.72. The van der Waals surface area contributed by atoms with E-state index in [9.17, 15) is 4.79 Å². The molecule has 0 atom stereocenters. The van der Waals surface area contributed by atoms with Gasteiger partial charge in [-0.05, 0) is 12.2 Å². The van der Waals surface area contributed by atoms with Gasteiger partial charge in [-0.15, -0.1) is 0 Å². The molecule has 0 aliphatic carbocycles. The lowest BCUT2D eigenvalue weighted by Crippen LogP contribution is -2.24. The number of nitrogens with one attached hydrogen (secondary N) is 1. The smallest absolute Gasteiger partial charge is 0.242 e. The van der Waals surface area contributed by atoms with Gasteiger partial charge in [0.05, 0.1) is 0 Å². The van der Waals surface area contributed by atoms with Crippen molar-refractivity contribution in [1.82, 2.24) is 5.32 Å². The zero-order valence-corrected chi connectivity index (χ0v) is 5.44. The number of carbonyl (C=O) groups is 1. The second kappa shape index (κ2) is 3.85. The summed E-state index contributed by atoms with van der Waals surface area (Å²) in [6.07, 6.45) is 2.41. The van der Waals surface area contributed by atoms with Gasteiger partial charge in [0, 0.05) is 12.3 Å². The SMILES string of the molecule is NC(=O)C=CNC(N)=S. The Hall–Kier alpha value is -1.10. The zero-order valence-electron chi connectivity index (χ0n) is 4.63. The molecule has 50 valence electrons. The lowest BCUT2D eigenvalue weighted by molar-refractivity contribution is -0.113. The standard InChI is InChI=1S/C4H7N3OS/c5-3(8)1-2-7-4(6)9/h1-2H,(H2,5,8)(H3,6,7,9). The van der Waals surface area contributed by atoms with Gasteiger partial charge in [0.1, 0.15) is 0 Å². The second-order valence-corrected chi connectivity index (χ2v) is 1.68. The summed E-state index contributed by atoms with van der Waals surface area (Å²) in [5, 5.41) is 2.51. The van der Waals surface area contributed by atoms with Crippen LogP contribution in [0.2, 0.25) is 0 Å². The molecule has 0 heterocycles. The predicted octanol–water partition coefficient (Wildman–Crippen LogP) is -1.18. The first-order valence-corrected chi connectivity index (χ1v) is 2.55. The average Bonchev–Trinajstić information content (AvgIpc) is 1.63. The van der Waals surface area contributed by atoms with Crippen LogP contribution in [0.25, 0.3) is 0 Å². The summed E-state index contributed by atoms with van der Waals surface area (Å²) in [4.78, 5) is 9.99. The molecule has 5 heteroatoms. The van der Waals surface area contributed by atoms with Gasteiger partial charge >= 0.3 is 0 Å². The third kappa shape index (κ3) is 6.90. The summed E-state index contributed by atoms with van der Waals surface area (Å²) in [6, 6.07) is 0. The molecule has 0 bridgehead atoms. The van der Waals surface area contributed by atoms with Crippen LogP contribution >= 0.6 is 12.2 Å². The lowest BCUT2D eigenvalue weighted by Gasteiger charge is -1.90. The van der Waals surface area contributed by atoms with E-state index in [4.69, 9.17) is 11.5 Å². The third-order valence-corrected chi connectivity index (χ3v) is 0.591. The predicted molar refractivity (Wildman–Crippen MR) is 38.3 cm³/mol. The van der Waals surface area contributed by atoms with Gasteiger partial charge in [0.15, 0.2) is 5.11 Å². The van der Waals surface area contributed by atoms with Gasteiger partial charge < -0.3 is 16.8 Å². The molecule has 0 aromatic rings. The van der Waals surface area contributed by atoms with Crippen molar-refractivity contribution in [3.8, 4) is 0 Å². The van der Waals surface area contributed by atoms with Crippen LogP contribution in [0, 0.1) is 0 Å². The number of primary amides is 1. The van der Waals surface area contributed by atoms with Gasteiger partial charge in [-0.1, -0.05) is 0 Å². The highest BCUT2D eigenvalue weighted by Crippen LogP contribution is 1.63. The monoisotopic (exact) mass is 145 g/mol. The van der Waals surface area contributed by atoms with E-state index < -0.39 is 5.91 Å². The van der Waals surface area contributed by atoms with E-state index in [0.29, 0.717) is 0 Å². The van der Waals surface area contributed by atoms with Crippen LogP contribution in [0.5, 0.6) is 0 Å². The molecule has 0 fully saturated rings. The first kappa shape index (κ1) is 7.90. The van der Waals surface area contributed by atoms with Crippen LogP contribution < -0.4 is 16.8 Å². The number of amides is 1. The van der Waals surface area contributed by atoms with Crippen LogP contribution in [0.15, 0.2) is 12.3 Å². The van der Waals surface area contributed by atoms with Crippen molar-refractivity contribution < 1.29 is 4.79 Å². The van der Waals surface area contributed by atoms with Crippen molar-refractivity contribution in [3.63, 3.8) is 0 Å². The molecule has 9 heavy (non-hydrogen) atoms. The minimum Gasteiger partial charge on any atom is -0.376 e. The van der Waals surface area contributed by atoms with Gasteiger partial charge in [-0.2, -0.15) is 0 Å². The van der Waals surface area contributed by atoms with Gasteiger partial charge in [0.25, 0.3) is 0 Å². The molecule has 0 saturated heterocycles. The maximum absolute atomic E-state index is 9.99. The zero-order chi connectivity index (χ0) is 7.28. The maximum atomic E-state index is 9.99. The van der Waals surface area contributed by atoms with Crippen LogP contribution in [-0.2, 0) is 4.79 Å². The van der Waals surface area contributed by atoms with Gasteiger partial charge in [0.2, 0.25) is 5.91 Å². The topological polar surface area (TPSA) is 81.1 Å². The van der Waals surface area contributed by atoms with Crippen molar-refractivity contribution in [3.05, 3.63) is 12.3 Å². The van der Waals surface area contributed by atoms with E-state index in [1.54, 1.807) is 0 Å². The minimum absolute atomic E-state index is 0.104. The number of hydrogen-bond donors (Lipinski definition) is 3. The fourth-order valence-electron chi connectivity index (χ4n) is 0.206. The third-order valence-electron chi connectivity index (χ3n) is 0.473. The minimum atomic E-state index is -0.543. The quantitative estimate of drug-likeness (QED) is 0.337. The van der Waals surface area contributed by atoms with Crippen molar-refractivity contribution >= 4 is 23.2 Å². The fraction of sp³-hybridized carbons (Fsp3) is 0. The number of nitrogens with two attached hydrogens (primary N) is 2. The molecule has 0 radical (unpaired) electrons. The largest absolute Gasteiger partial charge is 0.376 e. The number of rotatable bonds is 2. The lowest BCUT2D eigenvalue weighted by atomic mass is 10.6. The molecular formula is C4H7N3OS. The number of carbonyl (C=O) groups excluding carboxylic acids is 1. The van der Waals surface area contributed by atoms with Crippen molar-refractivity contribution in [2.24, 2.45) is 11.5 Å². The van der Waals surface area contributed by atoms with E-state index >= 15 is 0 Å². The molecule has 0 aromatic carbocycles. The van der Waals surface area contributed by atoms with Crippen molar-refractivity contribution in [2.75, 3.05) is 0 Å². The Kier molecular flexibility index (Phi) is 3.38. The Bertz CT molecular complexity index is 154. The molecule has 0 aliphatic heterocycles. The highest BCUT2D eigenvalue weighted by Gasteiger charge is 1.80. The number of thiocarbonyl (C=S) groups is 1. The molecule has 0 aromatic heterocycles. The van der Waals surface area contributed by atoms with Crippen LogP contribution in [-0.4, -0.2) is 11.0 Å². The van der Waals surface area contributed by atoms with Crippen LogP contribution in [0.4, 0.5) is 0 Å². The molecule has 0 spiro atoms. The van der Waals surface area contributed by atoms with E-state index in [1.165, 1.54) is 6.20 Å². The van der Waals surface area contributed by atoms with E-state index in [0.717, 1.165) is 6.08 Å². The van der Waals surface area contributed by atoms with Crippen molar-refractivity contribution in [1.29, 1.82) is 0 Å². The number of hydrogen-bond acceptors (Lipinski definition) is 2. The molecule has 1 amide bonds. The summed E-state index contributed by atoms with van der Waals surface area (Å²) < 4.78 is 0. The Morgan fingerprint density at radius 1 is 1.56 bits per heavy atom. The second-order valence-electron chi connectivity index (χ2n) is 1.24. The fourth-order valence-corrected chi connectivity index (χ4v) is 0.274. The van der Waals surface area contributed by atoms with Crippen LogP contribution in [0.3, 0.4) is 0 Å². The first-order chi connectivity index (χ1) is 4.13. The van der Waals surface area contributed by atoms with Gasteiger partial charge in [-0.3, -0.25) is 4.79 Å². The summed E-state index contributed by atoms with van der Waals surface area (Å²) in [5.74, 6) is -0.543. The summed E-state index contributed by atoms with van der Waals surface area (Å²) >= 11 is 4.41. The Balaban J connectivity index is 3.48. The van der Waals surface area contributed by atoms with Crippen LogP contribution in [0.1, 0.15) is 0 Å². The highest BCUT2D eigenvalue weighted by molar-refractivity contribution is 7.80. The average molecular weight is 145 g/mol. The van der Waals surface area contributed by atoms with E-state index in [2.05, 4.69) is 17.5 Å². The Labute approximate surface area is 57.9 Å². The Morgan fingerprint density at radius 2 is 2.11 bits per heavy atom. The molecule has 0 unspecified atom stereocenters. The normalized spacial score (nSPS) is 9.33. The maximum Gasteiger partial charge on any atom is 0.242 e. The van der Waals surface area contributed by atoms with Crippen molar-refractivity contribution in [2.45, 2.75) is 0 Å². The van der Waals surface area contributed by atoms with E-state index in [-0.39, 0.29) is 5.11 Å². The molecule has 0 rings (SSSR count). The first-order valence-electron chi connectivity index (χ1n) is 2.15. The molecular weight excluding hydrogens is 138 g/mol. The summed E-state index contributed by atoms with van der Waals surface area (Å²) in [7, 11) is 0. The molecule has 0 aliphatic rings.